The van der Waals surface area contributed by atoms with E-state index in [0.29, 0.717) is 30.6 Å². The van der Waals surface area contributed by atoms with Gasteiger partial charge in [-0.2, -0.15) is 5.26 Å². The van der Waals surface area contributed by atoms with Crippen LogP contribution < -0.4 is 5.32 Å². The molecule has 0 radical (unpaired) electrons. The van der Waals surface area contributed by atoms with Crippen molar-refractivity contribution in [3.63, 3.8) is 0 Å². The van der Waals surface area contributed by atoms with Crippen LogP contribution in [-0.2, 0) is 4.79 Å². The molecule has 112 valence electrons. The van der Waals surface area contributed by atoms with Crippen LogP contribution in [0.15, 0.2) is 12.1 Å². The molecule has 0 saturated heterocycles. The number of aromatic nitrogens is 1. The number of aryl methyl sites for hydroxylation is 1. The second kappa shape index (κ2) is 8.00. The van der Waals surface area contributed by atoms with Gasteiger partial charge in [0.1, 0.15) is 11.8 Å². The van der Waals surface area contributed by atoms with Gasteiger partial charge in [0.25, 0.3) is 5.91 Å². The zero-order valence-corrected chi connectivity index (χ0v) is 12.2. The Hall–Kier alpha value is -2.42. The summed E-state index contributed by atoms with van der Waals surface area (Å²) in [6, 6.07) is 5.10. The van der Waals surface area contributed by atoms with Crippen molar-refractivity contribution in [2.45, 2.75) is 33.1 Å². The number of nitrogens with one attached hydrogen (secondary N) is 1. The van der Waals surface area contributed by atoms with E-state index in [9.17, 15) is 9.59 Å². The molecule has 21 heavy (non-hydrogen) atoms. The van der Waals surface area contributed by atoms with Crippen molar-refractivity contribution >= 4 is 11.9 Å². The molecule has 1 rings (SSSR count). The lowest BCUT2D eigenvalue weighted by molar-refractivity contribution is -0.137. The lowest BCUT2D eigenvalue weighted by atomic mass is 10.0. The van der Waals surface area contributed by atoms with E-state index >= 15 is 0 Å². The number of rotatable bonds is 7. The first-order valence-electron chi connectivity index (χ1n) is 6.81. The molecule has 6 heteroatoms. The summed E-state index contributed by atoms with van der Waals surface area (Å²) in [5.74, 6) is -0.853. The monoisotopic (exact) mass is 289 g/mol. The fourth-order valence-electron chi connectivity index (χ4n) is 1.84. The van der Waals surface area contributed by atoms with Gasteiger partial charge in [0.05, 0.1) is 11.3 Å². The fourth-order valence-corrected chi connectivity index (χ4v) is 1.84. The predicted molar refractivity (Wildman–Crippen MR) is 76.7 cm³/mol. The molecule has 0 bridgehead atoms. The van der Waals surface area contributed by atoms with Crippen molar-refractivity contribution in [2.24, 2.45) is 5.92 Å². The number of carbonyl (C=O) groups excluding carboxylic acids is 1. The lowest BCUT2D eigenvalue weighted by Crippen LogP contribution is -2.26. The van der Waals surface area contributed by atoms with Crippen molar-refractivity contribution in [3.05, 3.63) is 29.1 Å². The molecule has 1 amide bonds. The van der Waals surface area contributed by atoms with E-state index < -0.39 is 5.97 Å². The van der Waals surface area contributed by atoms with E-state index in [1.54, 1.807) is 13.0 Å². The largest absolute Gasteiger partial charge is 0.481 e. The Labute approximate surface area is 123 Å². The molecule has 1 aromatic rings. The van der Waals surface area contributed by atoms with Gasteiger partial charge in [-0.25, -0.2) is 4.98 Å². The molecule has 0 aliphatic heterocycles. The van der Waals surface area contributed by atoms with Crippen molar-refractivity contribution in [1.82, 2.24) is 10.3 Å². The number of aliphatic carboxylic acids is 1. The average molecular weight is 289 g/mol. The van der Waals surface area contributed by atoms with Crippen LogP contribution in [0.25, 0.3) is 0 Å². The van der Waals surface area contributed by atoms with E-state index in [2.05, 4.69) is 10.3 Å². The number of carbonyl (C=O) groups is 2. The standard InChI is InChI=1S/C15H19N3O3/c1-10(3-6-14(19)20)7-8-17-15(21)13-5-4-12(9-16)11(2)18-13/h4-5,10H,3,6-8H2,1-2H3,(H,17,21)(H,19,20). The average Bonchev–Trinajstić information content (AvgIpc) is 2.44. The molecule has 0 aliphatic rings. The highest BCUT2D eigenvalue weighted by atomic mass is 16.4. The number of amides is 1. The van der Waals surface area contributed by atoms with Crippen LogP contribution >= 0.6 is 0 Å². The highest BCUT2D eigenvalue weighted by Crippen LogP contribution is 2.09. The van der Waals surface area contributed by atoms with Crippen molar-refractivity contribution < 1.29 is 14.7 Å². The first-order valence-corrected chi connectivity index (χ1v) is 6.81. The first-order chi connectivity index (χ1) is 9.93. The van der Waals surface area contributed by atoms with Crippen LogP contribution in [0.4, 0.5) is 0 Å². The van der Waals surface area contributed by atoms with Crippen molar-refractivity contribution in [2.75, 3.05) is 6.54 Å². The van der Waals surface area contributed by atoms with E-state index in [0.717, 1.165) is 0 Å². The van der Waals surface area contributed by atoms with Gasteiger partial charge in [-0.3, -0.25) is 9.59 Å². The Morgan fingerprint density at radius 1 is 1.43 bits per heavy atom. The Kier molecular flexibility index (Phi) is 6.34. The molecule has 1 unspecified atom stereocenters. The fraction of sp³-hybridized carbons (Fsp3) is 0.467. The number of carboxylic acid groups (broad SMARTS) is 1. The van der Waals surface area contributed by atoms with E-state index in [1.807, 2.05) is 13.0 Å². The third kappa shape index (κ3) is 5.61. The summed E-state index contributed by atoms with van der Waals surface area (Å²) >= 11 is 0. The molecule has 0 saturated carbocycles. The number of hydrogen-bond donors (Lipinski definition) is 2. The number of hydrogen-bond acceptors (Lipinski definition) is 4. The maximum Gasteiger partial charge on any atom is 0.303 e. The predicted octanol–water partition coefficient (Wildman–Crippen LogP) is 1.88. The summed E-state index contributed by atoms with van der Waals surface area (Å²) in [6.07, 6.45) is 1.46. The Morgan fingerprint density at radius 3 is 2.71 bits per heavy atom. The molecule has 0 aromatic carbocycles. The molecule has 6 nitrogen and oxygen atoms in total. The highest BCUT2D eigenvalue weighted by molar-refractivity contribution is 5.92. The molecule has 1 aromatic heterocycles. The molecule has 2 N–H and O–H groups in total. The smallest absolute Gasteiger partial charge is 0.303 e. The van der Waals surface area contributed by atoms with Crippen LogP contribution in [-0.4, -0.2) is 28.5 Å². The minimum atomic E-state index is -0.803. The zero-order valence-electron chi connectivity index (χ0n) is 12.2. The summed E-state index contributed by atoms with van der Waals surface area (Å²) in [5, 5.41) is 20.2. The van der Waals surface area contributed by atoms with Gasteiger partial charge in [-0.15, -0.1) is 0 Å². The van der Waals surface area contributed by atoms with Gasteiger partial charge in [-0.1, -0.05) is 6.92 Å². The van der Waals surface area contributed by atoms with E-state index in [1.165, 1.54) is 6.07 Å². The Bertz CT molecular complexity index is 564. The SMILES string of the molecule is Cc1nc(C(=O)NCCC(C)CCC(=O)O)ccc1C#N. The summed E-state index contributed by atoms with van der Waals surface area (Å²) in [7, 11) is 0. The third-order valence-corrected chi connectivity index (χ3v) is 3.21. The minimum absolute atomic E-state index is 0.144. The van der Waals surface area contributed by atoms with Crippen LogP contribution in [0.1, 0.15) is 47.9 Å². The van der Waals surface area contributed by atoms with Crippen LogP contribution in [0.2, 0.25) is 0 Å². The molecular formula is C15H19N3O3. The summed E-state index contributed by atoms with van der Waals surface area (Å²) in [5.41, 5.74) is 1.26. The van der Waals surface area contributed by atoms with Gasteiger partial charge in [0.15, 0.2) is 0 Å². The van der Waals surface area contributed by atoms with Gasteiger partial charge in [-0.05, 0) is 37.8 Å². The number of nitrogens with zero attached hydrogens (tertiary/aromatic N) is 2. The summed E-state index contributed by atoms with van der Waals surface area (Å²) in [4.78, 5) is 26.4. The molecular weight excluding hydrogens is 270 g/mol. The molecule has 0 aliphatic carbocycles. The van der Waals surface area contributed by atoms with Crippen molar-refractivity contribution in [3.8, 4) is 6.07 Å². The van der Waals surface area contributed by atoms with Crippen LogP contribution in [0, 0.1) is 24.2 Å². The van der Waals surface area contributed by atoms with E-state index in [-0.39, 0.29) is 23.9 Å². The number of carboxylic acids is 1. The minimum Gasteiger partial charge on any atom is -0.481 e. The van der Waals surface area contributed by atoms with Crippen LogP contribution in [0.5, 0.6) is 0 Å². The van der Waals surface area contributed by atoms with Gasteiger partial charge < -0.3 is 10.4 Å². The molecule has 1 atom stereocenters. The van der Waals surface area contributed by atoms with Crippen LogP contribution in [0.3, 0.4) is 0 Å². The topological polar surface area (TPSA) is 103 Å². The summed E-state index contributed by atoms with van der Waals surface area (Å²) in [6.45, 7) is 4.11. The summed E-state index contributed by atoms with van der Waals surface area (Å²) < 4.78 is 0. The maximum atomic E-state index is 11.9. The zero-order chi connectivity index (χ0) is 15.8. The second-order valence-electron chi connectivity index (χ2n) is 5.02. The molecule has 0 spiro atoms. The maximum absolute atomic E-state index is 11.9. The van der Waals surface area contributed by atoms with Gasteiger partial charge >= 0.3 is 5.97 Å². The quantitative estimate of drug-likeness (QED) is 0.797. The Morgan fingerprint density at radius 2 is 2.14 bits per heavy atom. The van der Waals surface area contributed by atoms with Gasteiger partial charge in [0.2, 0.25) is 0 Å². The van der Waals surface area contributed by atoms with Crippen molar-refractivity contribution in [1.29, 1.82) is 5.26 Å². The highest BCUT2D eigenvalue weighted by Gasteiger charge is 2.10. The number of pyridine rings is 1. The normalized spacial score (nSPS) is 11.5. The molecule has 0 fully saturated rings. The Balaban J connectivity index is 2.42. The molecule has 1 heterocycles. The third-order valence-electron chi connectivity index (χ3n) is 3.21. The number of nitriles is 1. The van der Waals surface area contributed by atoms with Gasteiger partial charge in [0, 0.05) is 13.0 Å². The first kappa shape index (κ1) is 16.6. The second-order valence-corrected chi connectivity index (χ2v) is 5.02. The lowest BCUT2D eigenvalue weighted by Gasteiger charge is -2.10. The van der Waals surface area contributed by atoms with E-state index in [4.69, 9.17) is 10.4 Å².